The van der Waals surface area contributed by atoms with Crippen molar-refractivity contribution in [1.29, 1.82) is 0 Å². The van der Waals surface area contributed by atoms with Crippen LogP contribution in [0.1, 0.15) is 32.6 Å². The summed E-state index contributed by atoms with van der Waals surface area (Å²) < 4.78 is 16.1. The van der Waals surface area contributed by atoms with Crippen LogP contribution in [0.15, 0.2) is 0 Å². The highest BCUT2D eigenvalue weighted by atomic mass is 19.1. The molecule has 0 bridgehead atoms. The second kappa shape index (κ2) is 7.98. The van der Waals surface area contributed by atoms with E-state index in [-0.39, 0.29) is 6.42 Å². The standard InChI is InChI=1S/C9H17FO3/c1-8(5-6-13-7-10)3-2-4-9(11)12/h8H,2-7H2,1H3,(H,11,12). The highest BCUT2D eigenvalue weighted by Crippen LogP contribution is 2.11. The summed E-state index contributed by atoms with van der Waals surface area (Å²) >= 11 is 0. The molecule has 1 atom stereocenters. The Morgan fingerprint density at radius 3 is 2.77 bits per heavy atom. The van der Waals surface area contributed by atoms with Crippen LogP contribution in [0.4, 0.5) is 4.39 Å². The number of aliphatic carboxylic acids is 1. The largest absolute Gasteiger partial charge is 0.481 e. The van der Waals surface area contributed by atoms with E-state index in [0.29, 0.717) is 18.9 Å². The van der Waals surface area contributed by atoms with Crippen LogP contribution in [0.3, 0.4) is 0 Å². The minimum absolute atomic E-state index is 0.217. The van der Waals surface area contributed by atoms with Crippen molar-refractivity contribution in [3.05, 3.63) is 0 Å². The number of rotatable bonds is 8. The molecular formula is C9H17FO3. The predicted molar refractivity (Wildman–Crippen MR) is 47.2 cm³/mol. The molecule has 0 aliphatic rings. The molecule has 0 radical (unpaired) electrons. The molecule has 0 aliphatic carbocycles. The molecule has 1 unspecified atom stereocenters. The van der Waals surface area contributed by atoms with Crippen LogP contribution in [0.2, 0.25) is 0 Å². The summed E-state index contributed by atoms with van der Waals surface area (Å²) in [5, 5.41) is 8.37. The molecule has 0 spiro atoms. The second-order valence-electron chi connectivity index (χ2n) is 3.20. The highest BCUT2D eigenvalue weighted by Gasteiger charge is 2.03. The summed E-state index contributed by atoms with van der Waals surface area (Å²) in [5.74, 6) is -0.349. The van der Waals surface area contributed by atoms with Crippen LogP contribution < -0.4 is 0 Å². The molecule has 78 valence electrons. The zero-order chi connectivity index (χ0) is 10.1. The normalized spacial score (nSPS) is 12.8. The number of carbonyl (C=O) groups is 1. The second-order valence-corrected chi connectivity index (χ2v) is 3.20. The zero-order valence-corrected chi connectivity index (χ0v) is 7.96. The summed E-state index contributed by atoms with van der Waals surface area (Å²) in [5.41, 5.74) is 0. The first-order chi connectivity index (χ1) is 6.16. The van der Waals surface area contributed by atoms with Gasteiger partial charge in [-0.25, -0.2) is 4.39 Å². The van der Waals surface area contributed by atoms with E-state index in [1.807, 2.05) is 6.92 Å². The van der Waals surface area contributed by atoms with Crippen molar-refractivity contribution in [1.82, 2.24) is 0 Å². The molecule has 0 amide bonds. The van der Waals surface area contributed by atoms with Gasteiger partial charge in [-0.3, -0.25) is 4.79 Å². The van der Waals surface area contributed by atoms with E-state index in [1.54, 1.807) is 0 Å². The first kappa shape index (κ1) is 12.4. The van der Waals surface area contributed by atoms with Gasteiger partial charge in [0.25, 0.3) is 0 Å². The minimum atomic E-state index is -0.757. The number of hydrogen-bond donors (Lipinski definition) is 1. The fourth-order valence-corrected chi connectivity index (χ4v) is 1.09. The van der Waals surface area contributed by atoms with E-state index in [4.69, 9.17) is 5.11 Å². The van der Waals surface area contributed by atoms with Gasteiger partial charge in [-0.1, -0.05) is 13.3 Å². The first-order valence-electron chi connectivity index (χ1n) is 4.52. The Morgan fingerprint density at radius 1 is 1.54 bits per heavy atom. The van der Waals surface area contributed by atoms with Crippen molar-refractivity contribution >= 4 is 5.97 Å². The summed E-state index contributed by atoms with van der Waals surface area (Å²) in [6, 6.07) is 0. The molecule has 0 aliphatic heterocycles. The molecule has 0 aromatic rings. The van der Waals surface area contributed by atoms with E-state index in [9.17, 15) is 9.18 Å². The molecule has 0 aromatic heterocycles. The summed E-state index contributed by atoms with van der Waals surface area (Å²) in [4.78, 5) is 10.2. The van der Waals surface area contributed by atoms with Crippen LogP contribution in [-0.4, -0.2) is 24.5 Å². The summed E-state index contributed by atoms with van der Waals surface area (Å²) in [7, 11) is 0. The molecule has 0 fully saturated rings. The van der Waals surface area contributed by atoms with Crippen LogP contribution in [0.25, 0.3) is 0 Å². The number of carboxylic acids is 1. The number of halogens is 1. The number of ether oxygens (including phenoxy) is 1. The van der Waals surface area contributed by atoms with E-state index in [1.165, 1.54) is 0 Å². The average molecular weight is 192 g/mol. The monoisotopic (exact) mass is 192 g/mol. The van der Waals surface area contributed by atoms with Gasteiger partial charge in [-0.2, -0.15) is 0 Å². The van der Waals surface area contributed by atoms with Gasteiger partial charge in [0.2, 0.25) is 0 Å². The molecule has 4 heteroatoms. The van der Waals surface area contributed by atoms with Gasteiger partial charge in [0.1, 0.15) is 0 Å². The SMILES string of the molecule is CC(CCCC(=O)O)CCOCF. The quantitative estimate of drug-likeness (QED) is 0.600. The van der Waals surface area contributed by atoms with Gasteiger partial charge < -0.3 is 9.84 Å². The Balaban J connectivity index is 3.19. The summed E-state index contributed by atoms with van der Waals surface area (Å²) in [6.45, 7) is 1.70. The maximum absolute atomic E-state index is 11.5. The molecule has 1 N–H and O–H groups in total. The molecule has 0 saturated heterocycles. The summed E-state index contributed by atoms with van der Waals surface area (Å²) in [6.07, 6.45) is 2.56. The highest BCUT2D eigenvalue weighted by molar-refractivity contribution is 5.66. The third-order valence-corrected chi connectivity index (χ3v) is 1.92. The van der Waals surface area contributed by atoms with E-state index >= 15 is 0 Å². The minimum Gasteiger partial charge on any atom is -0.481 e. The molecule has 0 saturated carbocycles. The maximum atomic E-state index is 11.5. The third-order valence-electron chi connectivity index (χ3n) is 1.92. The molecule has 0 aromatic carbocycles. The van der Waals surface area contributed by atoms with Gasteiger partial charge in [-0.05, 0) is 18.8 Å². The van der Waals surface area contributed by atoms with Gasteiger partial charge in [-0.15, -0.1) is 0 Å². The van der Waals surface area contributed by atoms with Gasteiger partial charge in [0.15, 0.2) is 6.86 Å². The number of alkyl halides is 1. The van der Waals surface area contributed by atoms with Crippen molar-refractivity contribution in [2.45, 2.75) is 32.6 Å². The lowest BCUT2D eigenvalue weighted by molar-refractivity contribution is -0.137. The Kier molecular flexibility index (Phi) is 7.59. The molecular weight excluding hydrogens is 175 g/mol. The van der Waals surface area contributed by atoms with Crippen molar-refractivity contribution in [3.63, 3.8) is 0 Å². The third kappa shape index (κ3) is 9.27. The van der Waals surface area contributed by atoms with Crippen LogP contribution in [0, 0.1) is 5.92 Å². The Hall–Kier alpha value is -0.640. The van der Waals surface area contributed by atoms with Gasteiger partial charge >= 0.3 is 5.97 Å². The van der Waals surface area contributed by atoms with Crippen LogP contribution in [-0.2, 0) is 9.53 Å². The lowest BCUT2D eigenvalue weighted by Crippen LogP contribution is -2.03. The lowest BCUT2D eigenvalue weighted by atomic mass is 10.0. The van der Waals surface area contributed by atoms with E-state index < -0.39 is 12.8 Å². The predicted octanol–water partition coefficient (Wildman–Crippen LogP) is 2.21. The van der Waals surface area contributed by atoms with E-state index in [2.05, 4.69) is 4.74 Å². The Morgan fingerprint density at radius 2 is 2.23 bits per heavy atom. The van der Waals surface area contributed by atoms with Gasteiger partial charge in [0.05, 0.1) is 6.61 Å². The van der Waals surface area contributed by atoms with Crippen LogP contribution in [0.5, 0.6) is 0 Å². The van der Waals surface area contributed by atoms with Crippen molar-refractivity contribution < 1.29 is 19.0 Å². The van der Waals surface area contributed by atoms with Crippen molar-refractivity contribution in [3.8, 4) is 0 Å². The molecule has 3 nitrogen and oxygen atoms in total. The average Bonchev–Trinajstić information content (AvgIpc) is 2.04. The first-order valence-corrected chi connectivity index (χ1v) is 4.52. The Labute approximate surface area is 77.9 Å². The lowest BCUT2D eigenvalue weighted by Gasteiger charge is -2.09. The topological polar surface area (TPSA) is 46.5 Å². The van der Waals surface area contributed by atoms with Gasteiger partial charge in [0, 0.05) is 6.42 Å². The number of hydrogen-bond acceptors (Lipinski definition) is 2. The number of carboxylic acid groups (broad SMARTS) is 1. The zero-order valence-electron chi connectivity index (χ0n) is 7.96. The van der Waals surface area contributed by atoms with E-state index in [0.717, 1.165) is 12.8 Å². The molecule has 0 heterocycles. The Bertz CT molecular complexity index is 139. The maximum Gasteiger partial charge on any atom is 0.303 e. The molecule has 13 heavy (non-hydrogen) atoms. The van der Waals surface area contributed by atoms with Crippen molar-refractivity contribution in [2.24, 2.45) is 5.92 Å². The van der Waals surface area contributed by atoms with Crippen LogP contribution >= 0.6 is 0 Å². The van der Waals surface area contributed by atoms with Crippen molar-refractivity contribution in [2.75, 3.05) is 13.5 Å². The fourth-order valence-electron chi connectivity index (χ4n) is 1.09. The molecule has 0 rings (SSSR count). The smallest absolute Gasteiger partial charge is 0.303 e. The fraction of sp³-hybridized carbons (Fsp3) is 0.889.